The van der Waals surface area contributed by atoms with E-state index in [1.165, 1.54) is 38.6 Å². The molecule has 0 spiro atoms. The largest absolute Gasteiger partial charge is 0.393 e. The minimum atomic E-state index is -0.0174. The Morgan fingerprint density at radius 1 is 1.07 bits per heavy atom. The summed E-state index contributed by atoms with van der Waals surface area (Å²) >= 11 is 4.23. The molecule has 2 nitrogen and oxygen atoms in total. The number of rotatable bonds is 5. The molecule has 0 aromatic heterocycles. The normalized spacial score (nSPS) is 36.0. The number of aliphatic hydroxyl groups excluding tert-OH is 1. The lowest BCUT2D eigenvalue weighted by Crippen LogP contribution is -2.44. The lowest BCUT2D eigenvalue weighted by molar-refractivity contribution is 0.0347. The topological polar surface area (TPSA) is 23.5 Å². The number of thiol groups is 1. The summed E-state index contributed by atoms with van der Waals surface area (Å²) in [5, 5.41) is 9.68. The van der Waals surface area contributed by atoms with E-state index < -0.39 is 0 Å². The third-order valence-electron chi connectivity index (χ3n) is 3.93. The maximum atomic E-state index is 9.68. The first kappa shape index (κ1) is 11.7. The Morgan fingerprint density at radius 3 is 2.33 bits per heavy atom. The summed E-state index contributed by atoms with van der Waals surface area (Å²) < 4.78 is 0. The van der Waals surface area contributed by atoms with Crippen molar-refractivity contribution < 1.29 is 5.11 Å². The molecule has 2 fully saturated rings. The molecule has 2 saturated heterocycles. The fourth-order valence-corrected chi connectivity index (χ4v) is 3.42. The van der Waals surface area contributed by atoms with E-state index >= 15 is 0 Å². The van der Waals surface area contributed by atoms with Crippen molar-refractivity contribution in [3.8, 4) is 0 Å². The summed E-state index contributed by atoms with van der Waals surface area (Å²) in [7, 11) is 0. The van der Waals surface area contributed by atoms with Crippen LogP contribution in [0.15, 0.2) is 0 Å². The number of aliphatic hydroxyl groups is 1. The molecule has 2 heterocycles. The minimum absolute atomic E-state index is 0.0174. The van der Waals surface area contributed by atoms with Crippen LogP contribution in [-0.2, 0) is 0 Å². The minimum Gasteiger partial charge on any atom is -0.393 e. The zero-order valence-electron chi connectivity index (χ0n) is 9.44. The van der Waals surface area contributed by atoms with Gasteiger partial charge >= 0.3 is 0 Å². The summed E-state index contributed by atoms with van der Waals surface area (Å²) in [5.74, 6) is 1.02. The third kappa shape index (κ3) is 2.89. The van der Waals surface area contributed by atoms with Gasteiger partial charge in [-0.2, -0.15) is 12.6 Å². The third-order valence-corrected chi connectivity index (χ3v) is 4.25. The highest BCUT2D eigenvalue weighted by atomic mass is 32.1. The van der Waals surface area contributed by atoms with E-state index in [2.05, 4.69) is 17.5 Å². The highest BCUT2D eigenvalue weighted by molar-refractivity contribution is 7.80. The molecule has 2 aliphatic heterocycles. The van der Waals surface area contributed by atoms with E-state index in [0.717, 1.165) is 18.6 Å². The first-order valence-corrected chi connectivity index (χ1v) is 6.99. The monoisotopic (exact) mass is 229 g/mol. The average molecular weight is 229 g/mol. The van der Waals surface area contributed by atoms with E-state index in [1.54, 1.807) is 0 Å². The van der Waals surface area contributed by atoms with Crippen LogP contribution in [0.2, 0.25) is 0 Å². The first-order chi connectivity index (χ1) is 7.31. The molecule has 1 N–H and O–H groups in total. The van der Waals surface area contributed by atoms with Crippen LogP contribution >= 0.6 is 12.6 Å². The molecule has 2 aliphatic rings. The number of unbranched alkanes of at least 4 members (excludes halogenated alkanes) is 2. The molecular formula is C12H23NOS. The lowest BCUT2D eigenvalue weighted by Gasteiger charge is -2.37. The molecule has 0 aromatic rings. The molecule has 0 aromatic carbocycles. The van der Waals surface area contributed by atoms with Crippen LogP contribution in [0.4, 0.5) is 0 Å². The molecule has 2 atom stereocenters. The van der Waals surface area contributed by atoms with Gasteiger partial charge in [0.1, 0.15) is 0 Å². The quantitative estimate of drug-likeness (QED) is 0.557. The Hall–Kier alpha value is 0.270. The van der Waals surface area contributed by atoms with Crippen LogP contribution in [0.1, 0.15) is 44.9 Å². The van der Waals surface area contributed by atoms with E-state index in [9.17, 15) is 5.11 Å². The van der Waals surface area contributed by atoms with Crippen LogP contribution < -0.4 is 0 Å². The standard InChI is InChI=1S/C12H23NOS/c14-12-8-10-4-5-11(9-12)13(10)6-2-1-3-7-15/h10-12,14-15H,1-9H2. The van der Waals surface area contributed by atoms with Gasteiger partial charge in [-0.1, -0.05) is 6.42 Å². The van der Waals surface area contributed by atoms with Crippen LogP contribution in [0.5, 0.6) is 0 Å². The zero-order chi connectivity index (χ0) is 10.7. The summed E-state index contributed by atoms with van der Waals surface area (Å²) in [4.78, 5) is 2.66. The first-order valence-electron chi connectivity index (χ1n) is 6.36. The van der Waals surface area contributed by atoms with E-state index in [4.69, 9.17) is 0 Å². The zero-order valence-corrected chi connectivity index (χ0v) is 10.3. The summed E-state index contributed by atoms with van der Waals surface area (Å²) in [6.45, 7) is 1.25. The fourth-order valence-electron chi connectivity index (χ4n) is 3.19. The van der Waals surface area contributed by atoms with Crippen molar-refractivity contribution in [1.29, 1.82) is 0 Å². The van der Waals surface area contributed by atoms with E-state index in [0.29, 0.717) is 12.1 Å². The van der Waals surface area contributed by atoms with Gasteiger partial charge in [-0.3, -0.25) is 4.90 Å². The highest BCUT2D eigenvalue weighted by Crippen LogP contribution is 2.35. The van der Waals surface area contributed by atoms with Crippen molar-refractivity contribution >= 4 is 12.6 Å². The van der Waals surface area contributed by atoms with Crippen LogP contribution in [0.25, 0.3) is 0 Å². The molecule has 0 aliphatic carbocycles. The van der Waals surface area contributed by atoms with Gasteiger partial charge in [0, 0.05) is 12.1 Å². The van der Waals surface area contributed by atoms with Gasteiger partial charge in [0.2, 0.25) is 0 Å². The van der Waals surface area contributed by atoms with Crippen molar-refractivity contribution in [2.24, 2.45) is 0 Å². The summed E-state index contributed by atoms with van der Waals surface area (Å²) in [6, 6.07) is 1.38. The van der Waals surface area contributed by atoms with Crippen LogP contribution in [0, 0.1) is 0 Å². The molecular weight excluding hydrogens is 206 g/mol. The number of hydrogen-bond donors (Lipinski definition) is 2. The number of nitrogens with zero attached hydrogens (tertiary/aromatic N) is 1. The van der Waals surface area contributed by atoms with Gasteiger partial charge in [-0.05, 0) is 50.8 Å². The molecule has 0 amide bonds. The van der Waals surface area contributed by atoms with Crippen LogP contribution in [0.3, 0.4) is 0 Å². The summed E-state index contributed by atoms with van der Waals surface area (Å²) in [5.41, 5.74) is 0. The van der Waals surface area contributed by atoms with Gasteiger partial charge in [-0.25, -0.2) is 0 Å². The molecule has 0 radical (unpaired) electrons. The van der Waals surface area contributed by atoms with E-state index in [-0.39, 0.29) is 6.10 Å². The Labute approximate surface area is 98.5 Å². The van der Waals surface area contributed by atoms with Crippen molar-refractivity contribution in [3.05, 3.63) is 0 Å². The van der Waals surface area contributed by atoms with Crippen molar-refractivity contribution in [1.82, 2.24) is 4.90 Å². The SMILES string of the molecule is OC1CC2CCC(C1)N2CCCCCS. The van der Waals surface area contributed by atoms with Crippen molar-refractivity contribution in [2.75, 3.05) is 12.3 Å². The Balaban J connectivity index is 1.74. The number of piperidine rings is 1. The predicted octanol–water partition coefficient (Wildman–Crippen LogP) is 2.07. The average Bonchev–Trinajstić information content (AvgIpc) is 2.46. The molecule has 3 heteroatoms. The molecule has 2 rings (SSSR count). The molecule has 15 heavy (non-hydrogen) atoms. The summed E-state index contributed by atoms with van der Waals surface area (Å²) in [6.07, 6.45) is 8.51. The molecule has 0 saturated carbocycles. The van der Waals surface area contributed by atoms with Gasteiger partial charge < -0.3 is 5.11 Å². The smallest absolute Gasteiger partial charge is 0.0570 e. The van der Waals surface area contributed by atoms with Gasteiger partial charge in [0.05, 0.1) is 6.10 Å². The van der Waals surface area contributed by atoms with Gasteiger partial charge in [0.15, 0.2) is 0 Å². The maximum absolute atomic E-state index is 9.68. The van der Waals surface area contributed by atoms with Crippen molar-refractivity contribution in [2.45, 2.75) is 63.1 Å². The Bertz CT molecular complexity index is 186. The molecule has 88 valence electrons. The second-order valence-corrected chi connectivity index (χ2v) is 5.48. The molecule has 2 bridgehead atoms. The maximum Gasteiger partial charge on any atom is 0.0570 e. The fraction of sp³-hybridized carbons (Fsp3) is 1.00. The second kappa shape index (κ2) is 5.55. The van der Waals surface area contributed by atoms with Gasteiger partial charge in [0.25, 0.3) is 0 Å². The van der Waals surface area contributed by atoms with Gasteiger partial charge in [-0.15, -0.1) is 0 Å². The second-order valence-electron chi connectivity index (χ2n) is 5.03. The Morgan fingerprint density at radius 2 is 1.73 bits per heavy atom. The highest BCUT2D eigenvalue weighted by Gasteiger charge is 2.39. The van der Waals surface area contributed by atoms with Crippen molar-refractivity contribution in [3.63, 3.8) is 0 Å². The predicted molar refractivity (Wildman–Crippen MR) is 66.5 cm³/mol. The number of hydrogen-bond acceptors (Lipinski definition) is 3. The Kier molecular flexibility index (Phi) is 4.35. The number of fused-ring (bicyclic) bond motifs is 2. The van der Waals surface area contributed by atoms with Crippen LogP contribution in [-0.4, -0.2) is 40.5 Å². The lowest BCUT2D eigenvalue weighted by atomic mass is 9.99. The molecule has 2 unspecified atom stereocenters. The van der Waals surface area contributed by atoms with E-state index in [1.807, 2.05) is 0 Å².